The number of aryl methyl sites for hydroxylation is 1. The Kier molecular flexibility index (Phi) is 5.81. The molecule has 0 unspecified atom stereocenters. The van der Waals surface area contributed by atoms with E-state index in [4.69, 9.17) is 12.2 Å². The first-order valence-corrected chi connectivity index (χ1v) is 8.95. The summed E-state index contributed by atoms with van der Waals surface area (Å²) in [6.45, 7) is 3.88. The number of non-ortho nitro benzene ring substituents is 1. The van der Waals surface area contributed by atoms with Gasteiger partial charge in [-0.05, 0) is 50.3 Å². The van der Waals surface area contributed by atoms with E-state index in [-0.39, 0.29) is 5.69 Å². The van der Waals surface area contributed by atoms with Crippen molar-refractivity contribution >= 4 is 34.9 Å². The van der Waals surface area contributed by atoms with E-state index in [0.717, 1.165) is 28.3 Å². The molecule has 0 amide bonds. The Bertz CT molecular complexity index is 1040. The minimum absolute atomic E-state index is 0.0548. The highest BCUT2D eigenvalue weighted by Crippen LogP contribution is 2.23. The molecular formula is C20H19N5O2S. The molecule has 0 aliphatic rings. The third kappa shape index (κ3) is 4.41. The number of hydrogen-bond donors (Lipinski definition) is 2. The summed E-state index contributed by atoms with van der Waals surface area (Å²) in [4.78, 5) is 10.6. The SMILES string of the molecule is Cc1cc(/C=N/NC(=S)Nc2ccccc2)c(C)n1-c1cccc([N+](=O)[O-])c1. The number of hydrogen-bond acceptors (Lipinski definition) is 4. The molecule has 0 aliphatic heterocycles. The topological polar surface area (TPSA) is 84.5 Å². The van der Waals surface area contributed by atoms with Crippen molar-refractivity contribution in [2.75, 3.05) is 5.32 Å². The second-order valence-electron chi connectivity index (χ2n) is 6.13. The summed E-state index contributed by atoms with van der Waals surface area (Å²) in [5.74, 6) is 0. The Morgan fingerprint density at radius 1 is 1.14 bits per heavy atom. The molecule has 0 bridgehead atoms. The van der Waals surface area contributed by atoms with Gasteiger partial charge in [-0.1, -0.05) is 24.3 Å². The Hall–Kier alpha value is -3.52. The summed E-state index contributed by atoms with van der Waals surface area (Å²) in [6.07, 6.45) is 1.68. The third-order valence-corrected chi connectivity index (χ3v) is 4.36. The molecule has 142 valence electrons. The maximum absolute atomic E-state index is 11.0. The highest BCUT2D eigenvalue weighted by Gasteiger charge is 2.12. The average molecular weight is 393 g/mol. The van der Waals surface area contributed by atoms with Crippen LogP contribution in [0.2, 0.25) is 0 Å². The fourth-order valence-electron chi connectivity index (χ4n) is 2.90. The van der Waals surface area contributed by atoms with Crippen LogP contribution in [0.3, 0.4) is 0 Å². The van der Waals surface area contributed by atoms with Crippen molar-refractivity contribution < 1.29 is 4.92 Å². The highest BCUT2D eigenvalue weighted by molar-refractivity contribution is 7.80. The molecule has 8 heteroatoms. The van der Waals surface area contributed by atoms with E-state index in [2.05, 4.69) is 15.8 Å². The van der Waals surface area contributed by atoms with Gasteiger partial charge in [0.2, 0.25) is 0 Å². The van der Waals surface area contributed by atoms with Gasteiger partial charge in [-0.25, -0.2) is 0 Å². The zero-order valence-corrected chi connectivity index (χ0v) is 16.2. The van der Waals surface area contributed by atoms with E-state index >= 15 is 0 Å². The monoisotopic (exact) mass is 393 g/mol. The molecule has 2 aromatic carbocycles. The molecular weight excluding hydrogens is 374 g/mol. The van der Waals surface area contributed by atoms with Gasteiger partial charge in [0.05, 0.1) is 16.8 Å². The molecule has 0 saturated heterocycles. The van der Waals surface area contributed by atoms with E-state index in [1.54, 1.807) is 18.3 Å². The molecule has 1 heterocycles. The number of nitrogens with one attached hydrogen (secondary N) is 2. The first kappa shape index (κ1) is 19.2. The van der Waals surface area contributed by atoms with Gasteiger partial charge in [-0.3, -0.25) is 15.5 Å². The summed E-state index contributed by atoms with van der Waals surface area (Å²) in [5.41, 5.74) is 7.21. The number of hydrazone groups is 1. The van der Waals surface area contributed by atoms with Crippen LogP contribution in [0.4, 0.5) is 11.4 Å². The van der Waals surface area contributed by atoms with Gasteiger partial charge in [0.1, 0.15) is 0 Å². The second-order valence-corrected chi connectivity index (χ2v) is 6.54. The lowest BCUT2D eigenvalue weighted by Crippen LogP contribution is -2.23. The van der Waals surface area contributed by atoms with Crippen molar-refractivity contribution in [2.24, 2.45) is 5.10 Å². The van der Waals surface area contributed by atoms with Crippen molar-refractivity contribution in [1.29, 1.82) is 0 Å². The number of nitrogens with zero attached hydrogens (tertiary/aromatic N) is 3. The van der Waals surface area contributed by atoms with Crippen molar-refractivity contribution in [1.82, 2.24) is 9.99 Å². The minimum atomic E-state index is -0.398. The summed E-state index contributed by atoms with van der Waals surface area (Å²) in [7, 11) is 0. The molecule has 0 aliphatic carbocycles. The summed E-state index contributed by atoms with van der Waals surface area (Å²) >= 11 is 5.23. The predicted molar refractivity (Wildman–Crippen MR) is 115 cm³/mol. The van der Waals surface area contributed by atoms with Crippen LogP contribution in [-0.4, -0.2) is 20.8 Å². The average Bonchev–Trinajstić information content (AvgIpc) is 2.96. The van der Waals surface area contributed by atoms with E-state index < -0.39 is 4.92 Å². The Labute approximate surface area is 167 Å². The van der Waals surface area contributed by atoms with Crippen molar-refractivity contribution in [2.45, 2.75) is 13.8 Å². The number of anilines is 1. The van der Waals surface area contributed by atoms with Crippen LogP contribution in [0, 0.1) is 24.0 Å². The lowest BCUT2D eigenvalue weighted by Gasteiger charge is -2.09. The molecule has 0 spiro atoms. The molecule has 0 fully saturated rings. The lowest BCUT2D eigenvalue weighted by atomic mass is 10.2. The summed E-state index contributed by atoms with van der Waals surface area (Å²) < 4.78 is 1.95. The third-order valence-electron chi connectivity index (χ3n) is 4.17. The molecule has 28 heavy (non-hydrogen) atoms. The van der Waals surface area contributed by atoms with Gasteiger partial charge in [0.15, 0.2) is 5.11 Å². The lowest BCUT2D eigenvalue weighted by molar-refractivity contribution is -0.384. The van der Waals surface area contributed by atoms with E-state index in [9.17, 15) is 10.1 Å². The maximum Gasteiger partial charge on any atom is 0.271 e. The van der Waals surface area contributed by atoms with Gasteiger partial charge >= 0.3 is 0 Å². The first-order chi connectivity index (χ1) is 13.5. The van der Waals surface area contributed by atoms with Gasteiger partial charge in [0, 0.05) is 34.8 Å². The van der Waals surface area contributed by atoms with Crippen molar-refractivity contribution in [3.63, 3.8) is 0 Å². The molecule has 1 aromatic heterocycles. The smallest absolute Gasteiger partial charge is 0.271 e. The van der Waals surface area contributed by atoms with Crippen LogP contribution in [-0.2, 0) is 0 Å². The van der Waals surface area contributed by atoms with Crippen molar-refractivity contribution in [3.05, 3.63) is 87.7 Å². The number of rotatable bonds is 5. The van der Waals surface area contributed by atoms with Gasteiger partial charge in [0.25, 0.3) is 5.69 Å². The molecule has 7 nitrogen and oxygen atoms in total. The van der Waals surface area contributed by atoms with E-state index in [1.165, 1.54) is 6.07 Å². The molecule has 0 saturated carbocycles. The van der Waals surface area contributed by atoms with Crippen molar-refractivity contribution in [3.8, 4) is 5.69 Å². The van der Waals surface area contributed by atoms with E-state index in [0.29, 0.717) is 5.11 Å². The predicted octanol–water partition coefficient (Wildman–Crippen LogP) is 4.32. The zero-order chi connectivity index (χ0) is 20.1. The molecule has 2 N–H and O–H groups in total. The number of benzene rings is 2. The molecule has 0 atom stereocenters. The zero-order valence-electron chi connectivity index (χ0n) is 15.4. The largest absolute Gasteiger partial charge is 0.331 e. The maximum atomic E-state index is 11.0. The number of nitro groups is 1. The minimum Gasteiger partial charge on any atom is -0.331 e. The number of para-hydroxylation sites is 1. The second kappa shape index (κ2) is 8.45. The van der Waals surface area contributed by atoms with Crippen LogP contribution in [0.1, 0.15) is 17.0 Å². The normalized spacial score (nSPS) is 10.8. The molecule has 0 radical (unpaired) electrons. The van der Waals surface area contributed by atoms with Crippen LogP contribution < -0.4 is 10.7 Å². The Morgan fingerprint density at radius 3 is 2.61 bits per heavy atom. The molecule has 3 rings (SSSR count). The summed E-state index contributed by atoms with van der Waals surface area (Å²) in [6, 6.07) is 18.1. The van der Waals surface area contributed by atoms with Gasteiger partial charge in [-0.15, -0.1) is 0 Å². The number of thiocarbonyl (C=S) groups is 1. The van der Waals surface area contributed by atoms with Crippen LogP contribution in [0.25, 0.3) is 5.69 Å². The van der Waals surface area contributed by atoms with Gasteiger partial charge in [-0.2, -0.15) is 5.10 Å². The summed E-state index contributed by atoms with van der Waals surface area (Å²) in [5, 5.41) is 18.7. The fourth-order valence-corrected chi connectivity index (χ4v) is 3.07. The highest BCUT2D eigenvalue weighted by atomic mass is 32.1. The van der Waals surface area contributed by atoms with Gasteiger partial charge < -0.3 is 9.88 Å². The first-order valence-electron chi connectivity index (χ1n) is 8.54. The van der Waals surface area contributed by atoms with E-state index in [1.807, 2.05) is 60.9 Å². The fraction of sp³-hybridized carbons (Fsp3) is 0.100. The Morgan fingerprint density at radius 2 is 1.89 bits per heavy atom. The quantitative estimate of drug-likeness (QED) is 0.292. The standard InChI is InChI=1S/C20H19N5O2S/c1-14-11-16(13-21-23-20(28)22-17-7-4-3-5-8-17)15(2)24(14)18-9-6-10-19(12-18)25(26)27/h3-13H,1-2H3,(H2,22,23,28)/b21-13+. The van der Waals surface area contributed by atoms with Crippen LogP contribution in [0.5, 0.6) is 0 Å². The number of nitro benzene ring substituents is 1. The van der Waals surface area contributed by atoms with Crippen LogP contribution in [0.15, 0.2) is 65.8 Å². The van der Waals surface area contributed by atoms with Crippen LogP contribution >= 0.6 is 12.2 Å². The number of aromatic nitrogens is 1. The Balaban J connectivity index is 1.75. The molecule has 3 aromatic rings.